The lowest BCUT2D eigenvalue weighted by molar-refractivity contribution is -0.122. The first kappa shape index (κ1) is 14.0. The predicted molar refractivity (Wildman–Crippen MR) is 67.3 cm³/mol. The van der Waals surface area contributed by atoms with Crippen LogP contribution in [0.4, 0.5) is 4.79 Å². The van der Waals surface area contributed by atoms with E-state index in [4.69, 9.17) is 0 Å². The Labute approximate surface area is 115 Å². The number of nitrogens with zero attached hydrogens (tertiary/aromatic N) is 3. The number of aromatic nitrogens is 3. The molecule has 1 fully saturated rings. The Morgan fingerprint density at radius 2 is 2.30 bits per heavy atom. The highest BCUT2D eigenvalue weighted by atomic mass is 16.2. The van der Waals surface area contributed by atoms with Crippen molar-refractivity contribution >= 4 is 17.8 Å². The van der Waals surface area contributed by atoms with Crippen molar-refractivity contribution < 1.29 is 14.4 Å². The van der Waals surface area contributed by atoms with E-state index in [-0.39, 0.29) is 18.2 Å². The molecule has 2 rings (SSSR count). The van der Waals surface area contributed by atoms with Gasteiger partial charge in [0.15, 0.2) is 0 Å². The molecule has 0 spiro atoms. The van der Waals surface area contributed by atoms with Gasteiger partial charge in [-0.25, -0.2) is 9.78 Å². The summed E-state index contributed by atoms with van der Waals surface area (Å²) in [6, 6.07) is -1.11. The van der Waals surface area contributed by atoms with E-state index in [1.165, 1.54) is 6.33 Å². The Morgan fingerprint density at radius 1 is 1.45 bits per heavy atom. The molecule has 1 aromatic rings. The van der Waals surface area contributed by atoms with Gasteiger partial charge in [-0.15, -0.1) is 0 Å². The van der Waals surface area contributed by atoms with E-state index in [9.17, 15) is 14.4 Å². The highest BCUT2D eigenvalue weighted by molar-refractivity contribution is 6.04. The zero-order valence-electron chi connectivity index (χ0n) is 10.8. The number of rotatable bonds is 7. The molecule has 1 aliphatic heterocycles. The first-order chi connectivity index (χ1) is 9.65. The van der Waals surface area contributed by atoms with Crippen LogP contribution in [0.15, 0.2) is 12.7 Å². The Morgan fingerprint density at radius 3 is 2.95 bits per heavy atom. The molecule has 1 aromatic heterocycles. The van der Waals surface area contributed by atoms with Crippen LogP contribution in [0.5, 0.6) is 0 Å². The van der Waals surface area contributed by atoms with Gasteiger partial charge in [0.2, 0.25) is 5.91 Å². The fourth-order valence-corrected chi connectivity index (χ4v) is 1.84. The van der Waals surface area contributed by atoms with Crippen LogP contribution in [0.3, 0.4) is 0 Å². The highest BCUT2D eigenvalue weighted by Crippen LogP contribution is 2.02. The second-order valence-electron chi connectivity index (χ2n) is 4.42. The second kappa shape index (κ2) is 6.64. The maximum absolute atomic E-state index is 11.6. The number of imide groups is 1. The van der Waals surface area contributed by atoms with Crippen LogP contribution in [0.25, 0.3) is 0 Å². The van der Waals surface area contributed by atoms with Gasteiger partial charge in [-0.3, -0.25) is 19.6 Å². The Balaban J connectivity index is 1.56. The summed E-state index contributed by atoms with van der Waals surface area (Å²) in [5.74, 6) is -0.522. The van der Waals surface area contributed by atoms with E-state index in [0.717, 1.165) is 6.42 Å². The molecule has 0 aliphatic carbocycles. The molecule has 20 heavy (non-hydrogen) atoms. The number of urea groups is 1. The minimum absolute atomic E-state index is 0.141. The number of nitrogens with one attached hydrogen (secondary N) is 3. The summed E-state index contributed by atoms with van der Waals surface area (Å²) >= 11 is 0. The van der Waals surface area contributed by atoms with Crippen molar-refractivity contribution in [1.82, 2.24) is 30.7 Å². The van der Waals surface area contributed by atoms with Crippen LogP contribution in [-0.2, 0) is 16.1 Å². The molecule has 9 heteroatoms. The lowest BCUT2D eigenvalue weighted by Crippen LogP contribution is -2.32. The summed E-state index contributed by atoms with van der Waals surface area (Å²) < 4.78 is 1.69. The summed E-state index contributed by atoms with van der Waals surface area (Å²) in [4.78, 5) is 37.5. The fourth-order valence-electron chi connectivity index (χ4n) is 1.84. The topological polar surface area (TPSA) is 118 Å². The molecular formula is C11H16N6O3. The van der Waals surface area contributed by atoms with Crippen molar-refractivity contribution in [3.63, 3.8) is 0 Å². The lowest BCUT2D eigenvalue weighted by Gasteiger charge is -2.08. The molecule has 0 aromatic carbocycles. The number of amides is 4. The SMILES string of the molecule is O=C(CC[C@H]1NC(=O)NC1=O)NCCCn1cncn1. The number of hydrogen-bond acceptors (Lipinski definition) is 5. The quantitative estimate of drug-likeness (QED) is 0.427. The van der Waals surface area contributed by atoms with Crippen molar-refractivity contribution in [3.8, 4) is 0 Å². The van der Waals surface area contributed by atoms with Gasteiger partial charge in [-0.05, 0) is 12.8 Å². The van der Waals surface area contributed by atoms with Gasteiger partial charge < -0.3 is 10.6 Å². The van der Waals surface area contributed by atoms with E-state index in [1.807, 2.05) is 0 Å². The lowest BCUT2D eigenvalue weighted by atomic mass is 10.1. The molecule has 2 heterocycles. The maximum Gasteiger partial charge on any atom is 0.322 e. The van der Waals surface area contributed by atoms with E-state index in [2.05, 4.69) is 26.0 Å². The van der Waals surface area contributed by atoms with Crippen LogP contribution in [0.2, 0.25) is 0 Å². The minimum atomic E-state index is -0.608. The third-order valence-electron chi connectivity index (χ3n) is 2.87. The molecule has 108 valence electrons. The van der Waals surface area contributed by atoms with Crippen molar-refractivity contribution in [1.29, 1.82) is 0 Å². The molecule has 4 amide bonds. The van der Waals surface area contributed by atoms with Crippen molar-refractivity contribution in [3.05, 3.63) is 12.7 Å². The molecule has 1 atom stereocenters. The van der Waals surface area contributed by atoms with Crippen LogP contribution >= 0.6 is 0 Å². The number of hydrogen-bond donors (Lipinski definition) is 3. The van der Waals surface area contributed by atoms with Crippen molar-refractivity contribution in [2.24, 2.45) is 0 Å². The normalized spacial score (nSPS) is 17.7. The molecule has 1 saturated heterocycles. The third kappa shape index (κ3) is 4.04. The molecule has 1 aliphatic rings. The van der Waals surface area contributed by atoms with Crippen LogP contribution in [-0.4, -0.2) is 45.2 Å². The summed E-state index contributed by atoms with van der Waals surface area (Å²) in [6.07, 6.45) is 4.31. The van der Waals surface area contributed by atoms with Gasteiger partial charge in [0.1, 0.15) is 18.7 Å². The van der Waals surface area contributed by atoms with Crippen LogP contribution < -0.4 is 16.0 Å². The summed E-state index contributed by atoms with van der Waals surface area (Å²) in [5, 5.41) is 11.3. The molecule has 3 N–H and O–H groups in total. The summed E-state index contributed by atoms with van der Waals surface area (Å²) in [7, 11) is 0. The zero-order chi connectivity index (χ0) is 14.4. The Hall–Kier alpha value is -2.45. The largest absolute Gasteiger partial charge is 0.356 e. The standard InChI is InChI=1S/C11H16N6O3/c18-9(3-2-8-10(19)16-11(20)15-8)13-4-1-5-17-7-12-6-14-17/h6-8H,1-5H2,(H,13,18)(H2,15,16,19,20)/t8-/m1/s1. The molecule has 0 radical (unpaired) electrons. The average Bonchev–Trinajstić information content (AvgIpc) is 3.02. The zero-order valence-corrected chi connectivity index (χ0v) is 10.8. The minimum Gasteiger partial charge on any atom is -0.356 e. The smallest absolute Gasteiger partial charge is 0.322 e. The monoisotopic (exact) mass is 280 g/mol. The van der Waals surface area contributed by atoms with Crippen molar-refractivity contribution in [2.45, 2.75) is 31.8 Å². The van der Waals surface area contributed by atoms with Gasteiger partial charge in [-0.2, -0.15) is 5.10 Å². The highest BCUT2D eigenvalue weighted by Gasteiger charge is 2.29. The van der Waals surface area contributed by atoms with E-state index in [0.29, 0.717) is 19.5 Å². The molecular weight excluding hydrogens is 264 g/mol. The Kier molecular flexibility index (Phi) is 4.64. The van der Waals surface area contributed by atoms with Gasteiger partial charge in [-0.1, -0.05) is 0 Å². The maximum atomic E-state index is 11.6. The van der Waals surface area contributed by atoms with Gasteiger partial charge in [0, 0.05) is 19.5 Å². The molecule has 9 nitrogen and oxygen atoms in total. The fraction of sp³-hybridized carbons (Fsp3) is 0.545. The molecule has 0 unspecified atom stereocenters. The first-order valence-electron chi connectivity index (χ1n) is 6.35. The van der Waals surface area contributed by atoms with Crippen LogP contribution in [0.1, 0.15) is 19.3 Å². The van der Waals surface area contributed by atoms with E-state index >= 15 is 0 Å². The number of carbonyl (C=O) groups is 3. The predicted octanol–water partition coefficient (Wildman–Crippen LogP) is -1.23. The van der Waals surface area contributed by atoms with Gasteiger partial charge in [0.05, 0.1) is 0 Å². The van der Waals surface area contributed by atoms with Gasteiger partial charge >= 0.3 is 6.03 Å². The van der Waals surface area contributed by atoms with E-state index < -0.39 is 12.1 Å². The Bertz CT molecular complexity index is 486. The summed E-state index contributed by atoms with van der Waals surface area (Å²) in [6.45, 7) is 1.21. The van der Waals surface area contributed by atoms with E-state index in [1.54, 1.807) is 11.0 Å². The first-order valence-corrected chi connectivity index (χ1v) is 6.35. The van der Waals surface area contributed by atoms with Crippen LogP contribution in [0, 0.1) is 0 Å². The van der Waals surface area contributed by atoms with Crippen molar-refractivity contribution in [2.75, 3.05) is 6.54 Å². The average molecular weight is 280 g/mol. The molecule has 0 saturated carbocycles. The molecule has 0 bridgehead atoms. The third-order valence-corrected chi connectivity index (χ3v) is 2.87. The second-order valence-corrected chi connectivity index (χ2v) is 4.42. The summed E-state index contributed by atoms with van der Waals surface area (Å²) in [5.41, 5.74) is 0. The number of carbonyl (C=O) groups excluding carboxylic acids is 3. The van der Waals surface area contributed by atoms with Gasteiger partial charge in [0.25, 0.3) is 5.91 Å². The number of aryl methyl sites for hydroxylation is 1.